The van der Waals surface area contributed by atoms with E-state index in [9.17, 15) is 14.9 Å². The first-order chi connectivity index (χ1) is 8.47. The summed E-state index contributed by atoms with van der Waals surface area (Å²) in [4.78, 5) is 22.1. The Morgan fingerprint density at radius 2 is 2.22 bits per heavy atom. The van der Waals surface area contributed by atoms with Gasteiger partial charge in [0.25, 0.3) is 11.6 Å². The van der Waals surface area contributed by atoms with E-state index in [1.807, 2.05) is 0 Å². The number of benzene rings is 1. The Hall–Kier alpha value is -2.15. The fourth-order valence-corrected chi connectivity index (χ4v) is 2.21. The first kappa shape index (κ1) is 12.3. The molecule has 1 aromatic carbocycles. The van der Waals surface area contributed by atoms with E-state index in [1.54, 1.807) is 19.1 Å². The molecule has 0 radical (unpaired) electrons. The Bertz CT molecular complexity index is 595. The van der Waals surface area contributed by atoms with Crippen LogP contribution in [0.3, 0.4) is 0 Å². The zero-order valence-electron chi connectivity index (χ0n) is 9.39. The van der Waals surface area contributed by atoms with Crippen LogP contribution in [0, 0.1) is 22.4 Å². The first-order valence-electron chi connectivity index (χ1n) is 5.02. The highest BCUT2D eigenvalue weighted by atomic mass is 32.2. The van der Waals surface area contributed by atoms with Crippen molar-refractivity contribution < 1.29 is 9.72 Å². The summed E-state index contributed by atoms with van der Waals surface area (Å²) in [5.74, 6) is -0.353. The molecule has 0 bridgehead atoms. The number of hydrogen-bond donors (Lipinski definition) is 2. The van der Waals surface area contributed by atoms with E-state index in [0.29, 0.717) is 16.0 Å². The van der Waals surface area contributed by atoms with Crippen molar-refractivity contribution in [2.45, 2.75) is 6.92 Å². The largest absolute Gasteiger partial charge is 0.301 e. The third-order valence-electron chi connectivity index (χ3n) is 2.39. The molecule has 1 aliphatic heterocycles. The minimum atomic E-state index is -0.457. The van der Waals surface area contributed by atoms with Crippen LogP contribution in [0.15, 0.2) is 23.1 Å². The molecule has 1 amide bonds. The van der Waals surface area contributed by atoms with Crippen molar-refractivity contribution >= 4 is 34.6 Å². The lowest BCUT2D eigenvalue weighted by atomic mass is 10.1. The van der Waals surface area contributed by atoms with E-state index < -0.39 is 4.92 Å². The minimum absolute atomic E-state index is 0.0165. The molecule has 1 heterocycles. The number of thioether (sulfide) groups is 1. The van der Waals surface area contributed by atoms with Crippen LogP contribution in [0.1, 0.15) is 11.1 Å². The van der Waals surface area contributed by atoms with Crippen LogP contribution in [0.2, 0.25) is 0 Å². The van der Waals surface area contributed by atoms with E-state index in [1.165, 1.54) is 12.1 Å². The van der Waals surface area contributed by atoms with Gasteiger partial charge in [-0.25, -0.2) is 0 Å². The lowest BCUT2D eigenvalue weighted by molar-refractivity contribution is -0.385. The molecule has 1 saturated heterocycles. The monoisotopic (exact) mass is 263 g/mol. The molecule has 1 aromatic rings. The van der Waals surface area contributed by atoms with Crippen molar-refractivity contribution in [1.82, 2.24) is 5.32 Å². The molecule has 0 aliphatic carbocycles. The van der Waals surface area contributed by atoms with Crippen LogP contribution in [0.5, 0.6) is 0 Å². The zero-order chi connectivity index (χ0) is 13.3. The normalized spacial score (nSPS) is 17.1. The molecule has 0 atom stereocenters. The predicted molar refractivity (Wildman–Crippen MR) is 69.3 cm³/mol. The van der Waals surface area contributed by atoms with Gasteiger partial charge in [0.05, 0.1) is 9.83 Å². The summed E-state index contributed by atoms with van der Waals surface area (Å²) >= 11 is 1.00. The molecule has 0 aromatic heterocycles. The zero-order valence-corrected chi connectivity index (χ0v) is 10.2. The number of carbonyl (C=O) groups is 1. The van der Waals surface area contributed by atoms with Crippen LogP contribution in [-0.4, -0.2) is 16.0 Å². The van der Waals surface area contributed by atoms with E-state index in [4.69, 9.17) is 5.41 Å². The van der Waals surface area contributed by atoms with Crippen LogP contribution in [0.25, 0.3) is 6.08 Å². The molecule has 1 fully saturated rings. The summed E-state index contributed by atoms with van der Waals surface area (Å²) in [6.45, 7) is 1.65. The second-order valence-corrected chi connectivity index (χ2v) is 4.75. The van der Waals surface area contributed by atoms with Gasteiger partial charge in [0.1, 0.15) is 0 Å². The second kappa shape index (κ2) is 4.61. The van der Waals surface area contributed by atoms with Crippen molar-refractivity contribution in [2.24, 2.45) is 0 Å². The van der Waals surface area contributed by atoms with E-state index in [2.05, 4.69) is 5.32 Å². The quantitative estimate of drug-likeness (QED) is 0.485. The number of hydrogen-bond acceptors (Lipinski definition) is 5. The summed E-state index contributed by atoms with van der Waals surface area (Å²) in [5, 5.41) is 20.5. The molecule has 0 spiro atoms. The molecule has 1 aliphatic rings. The van der Waals surface area contributed by atoms with Gasteiger partial charge >= 0.3 is 0 Å². The number of nitrogens with zero attached hydrogens (tertiary/aromatic N) is 1. The van der Waals surface area contributed by atoms with E-state index in [-0.39, 0.29) is 16.8 Å². The molecule has 18 heavy (non-hydrogen) atoms. The molecular formula is C11H9N3O3S. The molecule has 7 heteroatoms. The molecule has 0 unspecified atom stereocenters. The Morgan fingerprint density at radius 3 is 2.78 bits per heavy atom. The molecule has 92 valence electrons. The number of carbonyl (C=O) groups excluding carboxylic acids is 1. The van der Waals surface area contributed by atoms with Gasteiger partial charge in [0, 0.05) is 11.6 Å². The Kier molecular flexibility index (Phi) is 3.15. The van der Waals surface area contributed by atoms with Gasteiger partial charge in [-0.1, -0.05) is 12.1 Å². The Labute approximate surface area is 107 Å². The van der Waals surface area contributed by atoms with Gasteiger partial charge in [-0.3, -0.25) is 20.3 Å². The lowest BCUT2D eigenvalue weighted by Crippen LogP contribution is -2.18. The molecule has 0 saturated carbocycles. The highest BCUT2D eigenvalue weighted by molar-refractivity contribution is 8.18. The molecule has 2 rings (SSSR count). The van der Waals surface area contributed by atoms with Gasteiger partial charge < -0.3 is 5.32 Å². The van der Waals surface area contributed by atoms with Crippen LogP contribution in [0.4, 0.5) is 5.69 Å². The smallest absolute Gasteiger partial charge is 0.272 e. The summed E-state index contributed by atoms with van der Waals surface area (Å²) in [6.07, 6.45) is 1.54. The highest BCUT2D eigenvalue weighted by Crippen LogP contribution is 2.27. The third kappa shape index (κ3) is 2.40. The van der Waals surface area contributed by atoms with Gasteiger partial charge in [-0.2, -0.15) is 0 Å². The van der Waals surface area contributed by atoms with Gasteiger partial charge in [-0.15, -0.1) is 0 Å². The van der Waals surface area contributed by atoms with E-state index >= 15 is 0 Å². The second-order valence-electron chi connectivity index (χ2n) is 3.70. The highest BCUT2D eigenvalue weighted by Gasteiger charge is 2.22. The maximum atomic E-state index is 11.4. The van der Waals surface area contributed by atoms with Gasteiger partial charge in [0.2, 0.25) is 0 Å². The number of amides is 1. The molecule has 2 N–H and O–H groups in total. The number of aryl methyl sites for hydroxylation is 1. The standard InChI is InChI=1S/C11H9N3O3S/c1-6-2-3-7(4-8(6)14(16)17)5-9-10(15)13-11(12)18-9/h2-5H,1H3,(H2,12,13,15). The molecule has 6 nitrogen and oxygen atoms in total. The number of amidine groups is 1. The summed E-state index contributed by atoms with van der Waals surface area (Å²) in [6, 6.07) is 4.75. The first-order valence-corrected chi connectivity index (χ1v) is 5.83. The van der Waals surface area contributed by atoms with Crippen molar-refractivity contribution in [1.29, 1.82) is 5.41 Å². The fourth-order valence-electron chi connectivity index (χ4n) is 1.51. The van der Waals surface area contributed by atoms with Crippen molar-refractivity contribution in [3.63, 3.8) is 0 Å². The maximum Gasteiger partial charge on any atom is 0.272 e. The van der Waals surface area contributed by atoms with Crippen LogP contribution < -0.4 is 5.32 Å². The predicted octanol–water partition coefficient (Wildman–Crippen LogP) is 2.04. The third-order valence-corrected chi connectivity index (χ3v) is 3.22. The average molecular weight is 263 g/mol. The topological polar surface area (TPSA) is 96.1 Å². The minimum Gasteiger partial charge on any atom is -0.301 e. The number of nitrogens with one attached hydrogen (secondary N) is 2. The summed E-state index contributed by atoms with van der Waals surface area (Å²) in [7, 11) is 0. The summed E-state index contributed by atoms with van der Waals surface area (Å²) in [5.41, 5.74) is 1.15. The maximum absolute atomic E-state index is 11.4. The number of rotatable bonds is 2. The average Bonchev–Trinajstić information content (AvgIpc) is 2.60. The van der Waals surface area contributed by atoms with E-state index in [0.717, 1.165) is 11.8 Å². The Balaban J connectivity index is 2.38. The Morgan fingerprint density at radius 1 is 1.50 bits per heavy atom. The van der Waals surface area contributed by atoms with Crippen LogP contribution >= 0.6 is 11.8 Å². The van der Waals surface area contributed by atoms with Crippen molar-refractivity contribution in [2.75, 3.05) is 0 Å². The van der Waals surface area contributed by atoms with Crippen LogP contribution in [-0.2, 0) is 4.79 Å². The van der Waals surface area contributed by atoms with Crippen molar-refractivity contribution in [3.8, 4) is 0 Å². The number of nitro groups is 1. The summed E-state index contributed by atoms with van der Waals surface area (Å²) < 4.78 is 0. The SMILES string of the molecule is Cc1ccc(C=C2SC(=N)NC2=O)cc1[N+](=O)[O-]. The number of nitro benzene ring substituents is 1. The van der Waals surface area contributed by atoms with Crippen molar-refractivity contribution in [3.05, 3.63) is 44.3 Å². The van der Waals surface area contributed by atoms with Gasteiger partial charge in [0.15, 0.2) is 5.17 Å². The van der Waals surface area contributed by atoms with Gasteiger partial charge in [-0.05, 0) is 30.3 Å². The fraction of sp³-hybridized carbons (Fsp3) is 0.0909. The lowest BCUT2D eigenvalue weighted by Gasteiger charge is -1.99. The molecular weight excluding hydrogens is 254 g/mol.